The summed E-state index contributed by atoms with van der Waals surface area (Å²) in [6, 6.07) is 11.5. The topological polar surface area (TPSA) is 29.3 Å². The minimum atomic E-state index is 0.567. The summed E-state index contributed by atoms with van der Waals surface area (Å²) in [6.07, 6.45) is 3.87. The highest BCUT2D eigenvalue weighted by atomic mass is 15.2. The Labute approximate surface area is 118 Å². The van der Waals surface area contributed by atoms with Gasteiger partial charge in [-0.2, -0.15) is 0 Å². The summed E-state index contributed by atoms with van der Waals surface area (Å²) in [7, 11) is 0. The molecular weight excluding hydrogens is 232 g/mol. The summed E-state index contributed by atoms with van der Waals surface area (Å²) in [5.74, 6) is 1.51. The Morgan fingerprint density at radius 3 is 2.32 bits per heavy atom. The number of piperidine rings is 1. The lowest BCUT2D eigenvalue weighted by Crippen LogP contribution is -2.48. The van der Waals surface area contributed by atoms with Gasteiger partial charge in [0.05, 0.1) is 0 Å². The maximum atomic E-state index is 5.92. The zero-order valence-corrected chi connectivity index (χ0v) is 12.4. The van der Waals surface area contributed by atoms with E-state index in [-0.39, 0.29) is 0 Å². The van der Waals surface area contributed by atoms with Crippen LogP contribution in [-0.4, -0.2) is 30.6 Å². The van der Waals surface area contributed by atoms with Crippen molar-refractivity contribution in [1.82, 2.24) is 4.90 Å². The largest absolute Gasteiger partial charge is 0.329 e. The average molecular weight is 260 g/mol. The number of nitrogens with two attached hydrogens (primary N) is 1. The van der Waals surface area contributed by atoms with E-state index in [4.69, 9.17) is 5.73 Å². The van der Waals surface area contributed by atoms with E-state index in [0.717, 1.165) is 12.5 Å². The van der Waals surface area contributed by atoms with E-state index < -0.39 is 0 Å². The third-order valence-electron chi connectivity index (χ3n) is 4.50. The summed E-state index contributed by atoms with van der Waals surface area (Å²) in [4.78, 5) is 2.60. The molecule has 1 fully saturated rings. The van der Waals surface area contributed by atoms with Crippen LogP contribution in [0.25, 0.3) is 0 Å². The molecular formula is C17H28N2. The van der Waals surface area contributed by atoms with Crippen LogP contribution >= 0.6 is 0 Å². The minimum Gasteiger partial charge on any atom is -0.329 e. The zero-order chi connectivity index (χ0) is 13.7. The Morgan fingerprint density at radius 1 is 1.16 bits per heavy atom. The molecule has 2 N–H and O–H groups in total. The van der Waals surface area contributed by atoms with Gasteiger partial charge in [0.15, 0.2) is 0 Å². The molecule has 0 amide bonds. The van der Waals surface area contributed by atoms with Crippen molar-refractivity contribution < 1.29 is 0 Å². The molecule has 1 aliphatic rings. The summed E-state index contributed by atoms with van der Waals surface area (Å²) in [6.45, 7) is 7.80. The number of nitrogens with zero attached hydrogens (tertiary/aromatic N) is 1. The molecule has 2 rings (SSSR count). The summed E-state index contributed by atoms with van der Waals surface area (Å²) >= 11 is 0. The fraction of sp³-hybridized carbons (Fsp3) is 0.647. The van der Waals surface area contributed by atoms with Crippen molar-refractivity contribution in [3.63, 3.8) is 0 Å². The number of hydrogen-bond acceptors (Lipinski definition) is 2. The lowest BCUT2D eigenvalue weighted by atomic mass is 9.88. The van der Waals surface area contributed by atoms with Gasteiger partial charge >= 0.3 is 0 Å². The first-order valence-electron chi connectivity index (χ1n) is 7.68. The van der Waals surface area contributed by atoms with E-state index >= 15 is 0 Å². The number of likely N-dealkylation sites (tertiary alicyclic amines) is 1. The molecule has 1 aromatic carbocycles. The smallest absolute Gasteiger partial charge is 0.0241 e. The Balaban J connectivity index is 1.82. The van der Waals surface area contributed by atoms with Crippen LogP contribution in [-0.2, 0) is 6.42 Å². The SMILES string of the molecule is CC(C)C(CN)N1CCC(Cc2ccccc2)CC1. The van der Waals surface area contributed by atoms with E-state index in [0.29, 0.717) is 12.0 Å². The van der Waals surface area contributed by atoms with Crippen molar-refractivity contribution in [2.45, 2.75) is 39.2 Å². The summed E-state index contributed by atoms with van der Waals surface area (Å²) in [5.41, 5.74) is 7.41. The predicted octanol–water partition coefficient (Wildman–Crippen LogP) is 2.92. The maximum Gasteiger partial charge on any atom is 0.0241 e. The van der Waals surface area contributed by atoms with E-state index in [1.54, 1.807) is 0 Å². The van der Waals surface area contributed by atoms with Crippen LogP contribution in [0.5, 0.6) is 0 Å². The van der Waals surface area contributed by atoms with Gasteiger partial charge < -0.3 is 5.73 Å². The Hall–Kier alpha value is -0.860. The molecule has 0 bridgehead atoms. The normalized spacial score (nSPS) is 19.8. The van der Waals surface area contributed by atoms with Gasteiger partial charge in [-0.1, -0.05) is 44.2 Å². The Morgan fingerprint density at radius 2 is 1.79 bits per heavy atom. The molecule has 2 heteroatoms. The molecule has 106 valence electrons. The fourth-order valence-electron chi connectivity index (χ4n) is 3.28. The second-order valence-corrected chi connectivity index (χ2v) is 6.22. The number of benzene rings is 1. The van der Waals surface area contributed by atoms with Gasteiger partial charge in [0.1, 0.15) is 0 Å². The second-order valence-electron chi connectivity index (χ2n) is 6.22. The quantitative estimate of drug-likeness (QED) is 0.882. The first-order chi connectivity index (χ1) is 9.20. The summed E-state index contributed by atoms with van der Waals surface area (Å²) < 4.78 is 0. The molecule has 19 heavy (non-hydrogen) atoms. The van der Waals surface area contributed by atoms with Crippen LogP contribution in [0, 0.1) is 11.8 Å². The third-order valence-corrected chi connectivity index (χ3v) is 4.50. The Kier molecular flexibility index (Phi) is 5.41. The van der Waals surface area contributed by atoms with Crippen molar-refractivity contribution in [3.8, 4) is 0 Å². The molecule has 0 spiro atoms. The molecule has 0 aliphatic carbocycles. The van der Waals surface area contributed by atoms with Crippen molar-refractivity contribution in [2.24, 2.45) is 17.6 Å². The van der Waals surface area contributed by atoms with Crippen molar-refractivity contribution in [2.75, 3.05) is 19.6 Å². The van der Waals surface area contributed by atoms with Crippen molar-refractivity contribution in [1.29, 1.82) is 0 Å². The zero-order valence-electron chi connectivity index (χ0n) is 12.4. The van der Waals surface area contributed by atoms with Crippen molar-refractivity contribution in [3.05, 3.63) is 35.9 Å². The van der Waals surface area contributed by atoms with Gasteiger partial charge in [0.2, 0.25) is 0 Å². The van der Waals surface area contributed by atoms with Crippen LogP contribution in [0.3, 0.4) is 0 Å². The highest BCUT2D eigenvalue weighted by Crippen LogP contribution is 2.24. The first-order valence-corrected chi connectivity index (χ1v) is 7.68. The monoisotopic (exact) mass is 260 g/mol. The lowest BCUT2D eigenvalue weighted by molar-refractivity contribution is 0.108. The van der Waals surface area contributed by atoms with Gasteiger partial charge in [0.25, 0.3) is 0 Å². The molecule has 1 saturated heterocycles. The second kappa shape index (κ2) is 7.06. The van der Waals surface area contributed by atoms with Gasteiger partial charge in [-0.25, -0.2) is 0 Å². The molecule has 0 aromatic heterocycles. The molecule has 2 nitrogen and oxygen atoms in total. The van der Waals surface area contributed by atoms with Gasteiger partial charge in [0, 0.05) is 12.6 Å². The van der Waals surface area contributed by atoms with E-state index in [1.807, 2.05) is 0 Å². The first kappa shape index (κ1) is 14.5. The highest BCUT2D eigenvalue weighted by molar-refractivity contribution is 5.15. The van der Waals surface area contributed by atoms with E-state index in [1.165, 1.54) is 37.9 Å². The Bertz CT molecular complexity index is 353. The number of hydrogen-bond donors (Lipinski definition) is 1. The average Bonchev–Trinajstić information content (AvgIpc) is 2.42. The molecule has 1 aromatic rings. The van der Waals surface area contributed by atoms with Crippen LogP contribution in [0.2, 0.25) is 0 Å². The third kappa shape index (κ3) is 4.05. The molecule has 0 saturated carbocycles. The molecule has 1 aliphatic heterocycles. The molecule has 1 heterocycles. The maximum absolute atomic E-state index is 5.92. The molecule has 0 radical (unpaired) electrons. The lowest BCUT2D eigenvalue weighted by Gasteiger charge is -2.39. The number of rotatable bonds is 5. The van der Waals surface area contributed by atoms with Crippen molar-refractivity contribution >= 4 is 0 Å². The van der Waals surface area contributed by atoms with Crippen LogP contribution in [0.4, 0.5) is 0 Å². The highest BCUT2D eigenvalue weighted by Gasteiger charge is 2.25. The van der Waals surface area contributed by atoms with Gasteiger partial charge in [-0.05, 0) is 49.8 Å². The minimum absolute atomic E-state index is 0.567. The van der Waals surface area contributed by atoms with Crippen LogP contribution in [0.1, 0.15) is 32.3 Å². The van der Waals surface area contributed by atoms with Gasteiger partial charge in [-0.3, -0.25) is 4.90 Å². The van der Waals surface area contributed by atoms with E-state index in [9.17, 15) is 0 Å². The fourth-order valence-corrected chi connectivity index (χ4v) is 3.28. The van der Waals surface area contributed by atoms with Gasteiger partial charge in [-0.15, -0.1) is 0 Å². The molecule has 1 unspecified atom stereocenters. The summed E-state index contributed by atoms with van der Waals surface area (Å²) in [5, 5.41) is 0. The predicted molar refractivity (Wildman–Crippen MR) is 82.1 cm³/mol. The molecule has 1 atom stereocenters. The van der Waals surface area contributed by atoms with Crippen LogP contribution < -0.4 is 5.73 Å². The van der Waals surface area contributed by atoms with Crippen LogP contribution in [0.15, 0.2) is 30.3 Å². The standard InChI is InChI=1S/C17H28N2/c1-14(2)17(13-18)19-10-8-16(9-11-19)12-15-6-4-3-5-7-15/h3-7,14,16-17H,8-13,18H2,1-2H3. The van der Waals surface area contributed by atoms with E-state index in [2.05, 4.69) is 49.1 Å².